The molecule has 0 aliphatic carbocycles. The zero-order valence-electron chi connectivity index (χ0n) is 22.9. The van der Waals surface area contributed by atoms with Crippen LogP contribution in [-0.2, 0) is 15.7 Å². The van der Waals surface area contributed by atoms with Crippen molar-refractivity contribution >= 4 is 44.5 Å². The second-order valence-electron chi connectivity index (χ2n) is 11.2. The van der Waals surface area contributed by atoms with Crippen LogP contribution in [0, 0.1) is 0 Å². The lowest BCUT2D eigenvalue weighted by atomic mass is 9.97. The summed E-state index contributed by atoms with van der Waals surface area (Å²) in [5.41, 5.74) is 0.450. The third-order valence-electron chi connectivity index (χ3n) is 7.06. The first-order chi connectivity index (χ1) is 18.6. The van der Waals surface area contributed by atoms with E-state index in [9.17, 15) is 13.8 Å². The Balaban J connectivity index is 1.46. The molecule has 2 fully saturated rings. The van der Waals surface area contributed by atoms with Crippen LogP contribution < -0.4 is 10.9 Å². The highest BCUT2D eigenvalue weighted by Gasteiger charge is 2.30. The standard InChI is InChI=1S/C27H36N6O4S2/c1-27(2,3)37-26(35)32-13-7-8-18(16-32)28-23-21(25-29-19-9-5-6-10-20(19)38-25)24(34)31-22(30-23)17-11-14-33(15-12-17)39(4)36/h5-6,9-10,17-18H,7-8,11-16H2,1-4H3,(H2,28,30,31,34). The fourth-order valence-corrected chi connectivity index (χ4v) is 6.87. The highest BCUT2D eigenvalue weighted by molar-refractivity contribution is 7.81. The van der Waals surface area contributed by atoms with Crippen molar-refractivity contribution in [1.29, 1.82) is 0 Å². The van der Waals surface area contributed by atoms with E-state index in [4.69, 9.17) is 14.7 Å². The number of carbonyl (C=O) groups is 1. The van der Waals surface area contributed by atoms with Crippen molar-refractivity contribution in [2.45, 2.75) is 64.0 Å². The van der Waals surface area contributed by atoms with E-state index < -0.39 is 16.6 Å². The second-order valence-corrected chi connectivity index (χ2v) is 13.6. The van der Waals surface area contributed by atoms with Gasteiger partial charge in [0.1, 0.15) is 27.8 Å². The molecule has 2 aliphatic heterocycles. The Hall–Kier alpha value is -2.83. The van der Waals surface area contributed by atoms with Crippen LogP contribution in [0.4, 0.5) is 10.6 Å². The monoisotopic (exact) mass is 572 g/mol. The van der Waals surface area contributed by atoms with E-state index in [1.165, 1.54) is 11.3 Å². The second kappa shape index (κ2) is 11.3. The highest BCUT2D eigenvalue weighted by atomic mass is 32.2. The Labute approximate surface area is 234 Å². The van der Waals surface area contributed by atoms with Gasteiger partial charge in [-0.15, -0.1) is 11.3 Å². The minimum atomic E-state index is -1.01. The van der Waals surface area contributed by atoms with Crippen LogP contribution in [0.2, 0.25) is 0 Å². The molecule has 2 saturated heterocycles. The molecular weight excluding hydrogens is 536 g/mol. The van der Waals surface area contributed by atoms with Crippen LogP contribution in [0.5, 0.6) is 0 Å². The number of rotatable bonds is 5. The number of H-pyrrole nitrogens is 1. The van der Waals surface area contributed by atoms with Crippen molar-refractivity contribution in [3.8, 4) is 10.6 Å². The largest absolute Gasteiger partial charge is 0.444 e. The molecule has 5 rings (SSSR count). The van der Waals surface area contributed by atoms with Gasteiger partial charge in [0.2, 0.25) is 0 Å². The topological polar surface area (TPSA) is 121 Å². The number of ether oxygens (including phenoxy) is 1. The number of amides is 1. The number of aromatic amines is 1. The number of thiazole rings is 1. The number of anilines is 1. The number of para-hydroxylation sites is 1. The summed E-state index contributed by atoms with van der Waals surface area (Å²) in [7, 11) is -1.01. The molecule has 12 heteroatoms. The predicted molar refractivity (Wildman–Crippen MR) is 156 cm³/mol. The molecule has 2 aliphatic rings. The summed E-state index contributed by atoms with van der Waals surface area (Å²) >= 11 is 1.46. The first-order valence-electron chi connectivity index (χ1n) is 13.4. The molecule has 2 atom stereocenters. The molecule has 0 bridgehead atoms. The van der Waals surface area contributed by atoms with Crippen LogP contribution in [0.1, 0.15) is 58.2 Å². The van der Waals surface area contributed by atoms with Gasteiger partial charge in [0.15, 0.2) is 0 Å². The fraction of sp³-hybridized carbons (Fsp3) is 0.556. The summed E-state index contributed by atoms with van der Waals surface area (Å²) in [5, 5.41) is 4.12. The van der Waals surface area contributed by atoms with Crippen molar-refractivity contribution in [3.05, 3.63) is 40.4 Å². The van der Waals surface area contributed by atoms with Gasteiger partial charge in [-0.25, -0.2) is 23.3 Å². The van der Waals surface area contributed by atoms with Crippen LogP contribution in [0.3, 0.4) is 0 Å². The van der Waals surface area contributed by atoms with Crippen molar-refractivity contribution in [3.63, 3.8) is 0 Å². The number of fused-ring (bicyclic) bond motifs is 1. The number of aromatic nitrogens is 3. The number of carbonyl (C=O) groups excluding carboxylic acids is 1. The SMILES string of the molecule is CS(=O)N1CCC(c2nc(NC3CCCN(C(=O)OC(C)(C)C)C3)c(-c3nc4ccccc4s3)c(=O)[nH]2)CC1. The van der Waals surface area contributed by atoms with Crippen molar-refractivity contribution < 1.29 is 13.7 Å². The Morgan fingerprint density at radius 1 is 1.15 bits per heavy atom. The van der Waals surface area contributed by atoms with Gasteiger partial charge in [-0.1, -0.05) is 12.1 Å². The molecule has 2 N–H and O–H groups in total. The Morgan fingerprint density at radius 3 is 2.59 bits per heavy atom. The molecule has 2 aromatic heterocycles. The third kappa shape index (κ3) is 6.50. The van der Waals surface area contributed by atoms with Crippen molar-refractivity contribution in [1.82, 2.24) is 24.2 Å². The molecule has 0 saturated carbocycles. The molecule has 0 radical (unpaired) electrons. The van der Waals surface area contributed by atoms with Crippen molar-refractivity contribution in [2.75, 3.05) is 37.8 Å². The fourth-order valence-electron chi connectivity index (χ4n) is 5.13. The molecule has 1 amide bonds. The van der Waals surface area contributed by atoms with Gasteiger partial charge < -0.3 is 19.9 Å². The van der Waals surface area contributed by atoms with E-state index in [1.54, 1.807) is 11.2 Å². The summed E-state index contributed by atoms with van der Waals surface area (Å²) in [5.74, 6) is 1.19. The molecule has 4 heterocycles. The zero-order valence-corrected chi connectivity index (χ0v) is 24.5. The Kier molecular flexibility index (Phi) is 8.06. The normalized spacial score (nSPS) is 20.2. The lowest BCUT2D eigenvalue weighted by Crippen LogP contribution is -2.47. The van der Waals surface area contributed by atoms with Gasteiger partial charge in [-0.05, 0) is 58.6 Å². The van der Waals surface area contributed by atoms with Gasteiger partial charge in [-0.3, -0.25) is 4.79 Å². The lowest BCUT2D eigenvalue weighted by Gasteiger charge is -2.35. The maximum Gasteiger partial charge on any atom is 0.410 e. The van der Waals surface area contributed by atoms with Crippen LogP contribution in [-0.4, -0.2) is 78.5 Å². The van der Waals surface area contributed by atoms with Gasteiger partial charge >= 0.3 is 6.09 Å². The molecule has 10 nitrogen and oxygen atoms in total. The first-order valence-corrected chi connectivity index (χ1v) is 15.7. The molecule has 210 valence electrons. The molecule has 3 aromatic rings. The summed E-state index contributed by atoms with van der Waals surface area (Å²) < 4.78 is 20.4. The van der Waals surface area contributed by atoms with E-state index in [0.717, 1.165) is 35.9 Å². The van der Waals surface area contributed by atoms with E-state index >= 15 is 0 Å². The van der Waals surface area contributed by atoms with E-state index in [0.29, 0.717) is 48.4 Å². The van der Waals surface area contributed by atoms with Gasteiger partial charge in [0.05, 0.1) is 21.2 Å². The summed E-state index contributed by atoms with van der Waals surface area (Å²) in [6.07, 6.45) is 4.54. The molecule has 1 aromatic carbocycles. The number of piperidine rings is 2. The Bertz CT molecular complexity index is 1390. The molecular formula is C27H36N6O4S2. The van der Waals surface area contributed by atoms with Gasteiger partial charge in [-0.2, -0.15) is 0 Å². The molecule has 2 unspecified atom stereocenters. The van der Waals surface area contributed by atoms with Gasteiger partial charge in [0, 0.05) is 44.4 Å². The van der Waals surface area contributed by atoms with E-state index in [1.807, 2.05) is 49.3 Å². The smallest absolute Gasteiger partial charge is 0.410 e. The maximum absolute atomic E-state index is 13.6. The number of benzene rings is 1. The van der Waals surface area contributed by atoms with E-state index in [-0.39, 0.29) is 23.6 Å². The van der Waals surface area contributed by atoms with E-state index in [2.05, 4.69) is 10.3 Å². The van der Waals surface area contributed by atoms with Crippen LogP contribution in [0.25, 0.3) is 20.8 Å². The quantitative estimate of drug-likeness (QED) is 0.467. The zero-order chi connectivity index (χ0) is 27.7. The Morgan fingerprint density at radius 2 is 1.90 bits per heavy atom. The molecule has 39 heavy (non-hydrogen) atoms. The molecule has 0 spiro atoms. The minimum Gasteiger partial charge on any atom is -0.444 e. The maximum atomic E-state index is 13.6. The average molecular weight is 573 g/mol. The average Bonchev–Trinajstić information content (AvgIpc) is 3.31. The minimum absolute atomic E-state index is 0.0621. The van der Waals surface area contributed by atoms with Gasteiger partial charge in [0.25, 0.3) is 5.56 Å². The number of hydrogen-bond donors (Lipinski definition) is 2. The van der Waals surface area contributed by atoms with Crippen LogP contribution in [0.15, 0.2) is 29.1 Å². The summed E-state index contributed by atoms with van der Waals surface area (Å²) in [6.45, 7) is 8.04. The summed E-state index contributed by atoms with van der Waals surface area (Å²) in [6, 6.07) is 7.72. The highest BCUT2D eigenvalue weighted by Crippen LogP contribution is 2.34. The summed E-state index contributed by atoms with van der Waals surface area (Å²) in [4.78, 5) is 40.9. The van der Waals surface area contributed by atoms with Crippen LogP contribution >= 0.6 is 11.3 Å². The number of likely N-dealkylation sites (tertiary alicyclic amines) is 1. The number of nitrogens with one attached hydrogen (secondary N) is 2. The number of hydrogen-bond acceptors (Lipinski definition) is 8. The lowest BCUT2D eigenvalue weighted by molar-refractivity contribution is 0.0206. The van der Waals surface area contributed by atoms with Crippen molar-refractivity contribution in [2.24, 2.45) is 0 Å². The first kappa shape index (κ1) is 27.7. The predicted octanol–water partition coefficient (Wildman–Crippen LogP) is 4.33. The third-order valence-corrected chi connectivity index (χ3v) is 9.21. The number of nitrogens with zero attached hydrogens (tertiary/aromatic N) is 4.